The van der Waals surface area contributed by atoms with E-state index in [1.165, 1.54) is 16.7 Å². The number of carbonyl (C=O) groups is 1. The van der Waals surface area contributed by atoms with Crippen molar-refractivity contribution < 1.29 is 9.90 Å². The molecular weight excluding hydrogens is 332 g/mol. The molecule has 0 saturated heterocycles. The monoisotopic (exact) mass is 372 g/mol. The normalized spacial score (nSPS) is 14.0. The van der Waals surface area contributed by atoms with Crippen LogP contribution in [0, 0.1) is 0 Å². The second-order valence-corrected chi connectivity index (χ2v) is 8.08. The Morgan fingerprint density at radius 2 is 1.15 bits per heavy atom. The summed E-state index contributed by atoms with van der Waals surface area (Å²) in [6.07, 6.45) is 14.7. The highest BCUT2D eigenvalue weighted by atomic mass is 16.3. The van der Waals surface area contributed by atoms with Crippen LogP contribution in [0.1, 0.15) is 87.0 Å². The van der Waals surface area contributed by atoms with Crippen molar-refractivity contribution in [1.29, 1.82) is 0 Å². The lowest BCUT2D eigenvalue weighted by Crippen LogP contribution is -2.16. The first-order valence-electron chi connectivity index (χ1n) is 10.1. The fourth-order valence-corrected chi connectivity index (χ4v) is 2.66. The van der Waals surface area contributed by atoms with E-state index in [9.17, 15) is 9.90 Å². The Morgan fingerprint density at radius 1 is 0.704 bits per heavy atom. The molecule has 152 valence electrons. The van der Waals surface area contributed by atoms with Crippen LogP contribution < -0.4 is 0 Å². The number of rotatable bonds is 12. The molecular formula is C25H40O2. The highest BCUT2D eigenvalue weighted by Crippen LogP contribution is 2.13. The lowest BCUT2D eigenvalue weighted by molar-refractivity contribution is -0.120. The lowest BCUT2D eigenvalue weighted by atomic mass is 10.0. The van der Waals surface area contributed by atoms with Crippen LogP contribution in [-0.2, 0) is 4.79 Å². The molecule has 1 atom stereocenters. The van der Waals surface area contributed by atoms with Gasteiger partial charge in [0.05, 0.1) is 0 Å². The quantitative estimate of drug-likeness (QED) is 0.295. The molecule has 0 aromatic heterocycles. The van der Waals surface area contributed by atoms with Crippen LogP contribution in [0.3, 0.4) is 0 Å². The number of carbonyl (C=O) groups excluding carboxylic acids is 1. The van der Waals surface area contributed by atoms with Gasteiger partial charge < -0.3 is 5.11 Å². The highest BCUT2D eigenvalue weighted by Gasteiger charge is 2.10. The number of allylic oxidation sites excluding steroid dienone is 8. The van der Waals surface area contributed by atoms with E-state index in [1.54, 1.807) is 12.2 Å². The Kier molecular flexibility index (Phi) is 13.5. The van der Waals surface area contributed by atoms with E-state index in [1.807, 2.05) is 13.8 Å². The van der Waals surface area contributed by atoms with Gasteiger partial charge in [-0.1, -0.05) is 46.1 Å². The molecule has 0 saturated carbocycles. The van der Waals surface area contributed by atoms with Crippen molar-refractivity contribution in [3.8, 4) is 0 Å². The zero-order valence-electron chi connectivity index (χ0n) is 18.6. The Hall–Kier alpha value is -1.67. The maximum Gasteiger partial charge on any atom is 0.187 e. The molecule has 0 spiro atoms. The maximum absolute atomic E-state index is 12.1. The van der Waals surface area contributed by atoms with Gasteiger partial charge in [-0.2, -0.15) is 0 Å². The van der Waals surface area contributed by atoms with Crippen LogP contribution in [0.2, 0.25) is 0 Å². The van der Waals surface area contributed by atoms with Gasteiger partial charge in [-0.3, -0.25) is 4.79 Å². The predicted molar refractivity (Wildman–Crippen MR) is 119 cm³/mol. The predicted octanol–water partition coefficient (Wildman–Crippen LogP) is 7.03. The summed E-state index contributed by atoms with van der Waals surface area (Å²) in [5.41, 5.74) is 6.11. The molecule has 1 unspecified atom stereocenters. The number of aliphatic hydroxyl groups is 1. The minimum atomic E-state index is -1.04. The smallest absolute Gasteiger partial charge is 0.187 e. The third kappa shape index (κ3) is 15.1. The molecule has 0 radical (unpaired) electrons. The van der Waals surface area contributed by atoms with Gasteiger partial charge in [0.25, 0.3) is 0 Å². The van der Waals surface area contributed by atoms with E-state index in [4.69, 9.17) is 0 Å². The summed E-state index contributed by atoms with van der Waals surface area (Å²) in [4.78, 5) is 12.1. The number of hydrogen-bond donors (Lipinski definition) is 1. The molecule has 0 bridgehead atoms. The van der Waals surface area contributed by atoms with E-state index in [0.717, 1.165) is 49.7 Å². The first-order chi connectivity index (χ1) is 12.6. The van der Waals surface area contributed by atoms with E-state index in [-0.39, 0.29) is 5.78 Å². The van der Waals surface area contributed by atoms with Crippen LogP contribution in [0.5, 0.6) is 0 Å². The van der Waals surface area contributed by atoms with Gasteiger partial charge in [0.15, 0.2) is 5.78 Å². The van der Waals surface area contributed by atoms with Crippen molar-refractivity contribution in [2.24, 2.45) is 0 Å². The number of aliphatic hydroxyl groups excluding tert-OH is 1. The van der Waals surface area contributed by atoms with Crippen LogP contribution >= 0.6 is 0 Å². The van der Waals surface area contributed by atoms with E-state index >= 15 is 0 Å². The van der Waals surface area contributed by atoms with Crippen molar-refractivity contribution in [2.45, 2.75) is 93.1 Å². The second-order valence-electron chi connectivity index (χ2n) is 8.08. The summed E-state index contributed by atoms with van der Waals surface area (Å²) in [5, 5.41) is 10.1. The van der Waals surface area contributed by atoms with Crippen LogP contribution in [0.4, 0.5) is 0 Å². The average Bonchev–Trinajstić information content (AvgIpc) is 2.53. The molecule has 0 amide bonds. The van der Waals surface area contributed by atoms with Gasteiger partial charge >= 0.3 is 0 Å². The van der Waals surface area contributed by atoms with Gasteiger partial charge in [0.1, 0.15) is 6.10 Å². The summed E-state index contributed by atoms with van der Waals surface area (Å²) in [6.45, 7) is 14.5. The molecule has 2 heteroatoms. The highest BCUT2D eigenvalue weighted by molar-refractivity contribution is 5.95. The van der Waals surface area contributed by atoms with Crippen LogP contribution in [0.25, 0.3) is 0 Å². The third-order valence-electron chi connectivity index (χ3n) is 4.34. The largest absolute Gasteiger partial charge is 0.381 e. The molecule has 0 rings (SSSR count). The summed E-state index contributed by atoms with van der Waals surface area (Å²) < 4.78 is 0. The van der Waals surface area contributed by atoms with Crippen molar-refractivity contribution in [3.05, 3.63) is 58.2 Å². The molecule has 1 N–H and O–H groups in total. The van der Waals surface area contributed by atoms with E-state index < -0.39 is 6.10 Å². The SMILES string of the molecule is CC(C)=CCC/C(C)=C/CC/C(C)=C/C(O)C(=O)/C=C(\C)CCC=C(C)C. The van der Waals surface area contributed by atoms with Gasteiger partial charge in [-0.15, -0.1) is 0 Å². The fraction of sp³-hybridized carbons (Fsp3) is 0.560. The summed E-state index contributed by atoms with van der Waals surface area (Å²) in [7, 11) is 0. The summed E-state index contributed by atoms with van der Waals surface area (Å²) in [6, 6.07) is 0. The van der Waals surface area contributed by atoms with Gasteiger partial charge in [0, 0.05) is 0 Å². The van der Waals surface area contributed by atoms with Gasteiger partial charge in [-0.25, -0.2) is 0 Å². The zero-order chi connectivity index (χ0) is 20.8. The van der Waals surface area contributed by atoms with Crippen molar-refractivity contribution >= 4 is 5.78 Å². The minimum absolute atomic E-state index is 0.225. The Labute approximate surface area is 167 Å². The third-order valence-corrected chi connectivity index (χ3v) is 4.34. The standard InChI is InChI=1S/C25H40O2/c1-19(2)11-8-13-21(5)14-10-16-23(7)18-25(27)24(26)17-22(6)15-9-12-20(3)4/h11-12,14,17-18,25,27H,8-10,13,15-16H2,1-7H3/b21-14+,22-17+,23-18+. The molecule has 0 aliphatic carbocycles. The lowest BCUT2D eigenvalue weighted by Gasteiger charge is -2.06. The topological polar surface area (TPSA) is 37.3 Å². The molecule has 2 nitrogen and oxygen atoms in total. The van der Waals surface area contributed by atoms with E-state index in [0.29, 0.717) is 0 Å². The second kappa shape index (κ2) is 14.4. The Balaban J connectivity index is 4.44. The Bertz CT molecular complexity index is 604. The number of ketones is 1. The molecule has 0 aliphatic heterocycles. The van der Waals surface area contributed by atoms with Crippen molar-refractivity contribution in [3.63, 3.8) is 0 Å². The molecule has 27 heavy (non-hydrogen) atoms. The summed E-state index contributed by atoms with van der Waals surface area (Å²) >= 11 is 0. The van der Waals surface area contributed by atoms with Crippen molar-refractivity contribution in [2.75, 3.05) is 0 Å². The Morgan fingerprint density at radius 3 is 1.67 bits per heavy atom. The maximum atomic E-state index is 12.1. The molecule has 0 aliphatic rings. The molecule has 0 aromatic rings. The van der Waals surface area contributed by atoms with Crippen LogP contribution in [0.15, 0.2) is 58.2 Å². The minimum Gasteiger partial charge on any atom is -0.381 e. The first kappa shape index (κ1) is 25.3. The van der Waals surface area contributed by atoms with Crippen LogP contribution in [-0.4, -0.2) is 17.0 Å². The zero-order valence-corrected chi connectivity index (χ0v) is 18.6. The van der Waals surface area contributed by atoms with Crippen molar-refractivity contribution in [1.82, 2.24) is 0 Å². The average molecular weight is 373 g/mol. The number of hydrogen-bond acceptors (Lipinski definition) is 2. The van der Waals surface area contributed by atoms with E-state index in [2.05, 4.69) is 52.8 Å². The molecule has 0 fully saturated rings. The first-order valence-corrected chi connectivity index (χ1v) is 10.1. The van der Waals surface area contributed by atoms with Gasteiger partial charge in [0.2, 0.25) is 0 Å². The molecule has 0 heterocycles. The summed E-state index contributed by atoms with van der Waals surface area (Å²) in [5.74, 6) is -0.225. The fourth-order valence-electron chi connectivity index (χ4n) is 2.66. The van der Waals surface area contributed by atoms with Gasteiger partial charge in [-0.05, 0) is 99.1 Å². The molecule has 0 aromatic carbocycles.